The number of rotatable bonds is 4. The molecular formula is C10H16O8. The molecule has 0 bridgehead atoms. The van der Waals surface area contributed by atoms with E-state index in [1.165, 1.54) is 0 Å². The van der Waals surface area contributed by atoms with Gasteiger partial charge in [-0.25, -0.2) is 4.79 Å². The van der Waals surface area contributed by atoms with Crippen molar-refractivity contribution in [3.8, 4) is 0 Å². The van der Waals surface area contributed by atoms with Crippen LogP contribution in [0.3, 0.4) is 0 Å². The van der Waals surface area contributed by atoms with Crippen LogP contribution in [0, 0.1) is 0 Å². The Morgan fingerprint density at radius 3 is 2.28 bits per heavy atom. The highest BCUT2D eigenvalue weighted by atomic mass is 16.7. The summed E-state index contributed by atoms with van der Waals surface area (Å²) in [6.07, 6.45) is -8.04. The Bertz CT molecular complexity index is 317. The van der Waals surface area contributed by atoms with Gasteiger partial charge < -0.3 is 29.9 Å². The Balaban J connectivity index is 2.73. The molecule has 0 amide bonds. The van der Waals surface area contributed by atoms with Gasteiger partial charge in [0.1, 0.15) is 18.3 Å². The van der Waals surface area contributed by atoms with Crippen molar-refractivity contribution < 1.29 is 39.5 Å². The van der Waals surface area contributed by atoms with E-state index in [2.05, 4.69) is 0 Å². The molecule has 1 unspecified atom stereocenters. The predicted octanol–water partition coefficient (Wildman–Crippen LogP) is -1.78. The smallest absolute Gasteiger partial charge is 0.335 e. The van der Waals surface area contributed by atoms with Crippen molar-refractivity contribution in [2.24, 2.45) is 0 Å². The highest BCUT2D eigenvalue weighted by molar-refractivity contribution is 5.73. The number of aliphatic carboxylic acids is 1. The molecule has 1 saturated heterocycles. The number of carboxylic acids is 1. The van der Waals surface area contributed by atoms with Crippen molar-refractivity contribution in [3.05, 3.63) is 0 Å². The van der Waals surface area contributed by atoms with E-state index in [-0.39, 0.29) is 6.42 Å². The molecule has 0 radical (unpaired) electrons. The lowest BCUT2D eigenvalue weighted by molar-refractivity contribution is -0.286. The van der Waals surface area contributed by atoms with Crippen LogP contribution in [0.15, 0.2) is 0 Å². The number of aliphatic hydroxyl groups is 3. The molecule has 1 heterocycles. The highest BCUT2D eigenvalue weighted by Crippen LogP contribution is 2.22. The molecule has 1 aliphatic rings. The monoisotopic (exact) mass is 264 g/mol. The molecule has 104 valence electrons. The third kappa shape index (κ3) is 3.16. The zero-order chi connectivity index (χ0) is 13.9. The maximum absolute atomic E-state index is 11.2. The lowest BCUT2D eigenvalue weighted by Crippen LogP contribution is -2.60. The number of carbonyl (C=O) groups is 2. The summed E-state index contributed by atoms with van der Waals surface area (Å²) in [5.41, 5.74) is 0. The van der Waals surface area contributed by atoms with E-state index < -0.39 is 42.6 Å². The van der Waals surface area contributed by atoms with Gasteiger partial charge in [0.05, 0.1) is 0 Å². The van der Waals surface area contributed by atoms with Gasteiger partial charge in [-0.1, -0.05) is 6.92 Å². The van der Waals surface area contributed by atoms with Crippen molar-refractivity contribution in [1.82, 2.24) is 0 Å². The topological polar surface area (TPSA) is 134 Å². The van der Waals surface area contributed by atoms with E-state index in [1.807, 2.05) is 0 Å². The summed E-state index contributed by atoms with van der Waals surface area (Å²) >= 11 is 0. The van der Waals surface area contributed by atoms with Crippen molar-refractivity contribution in [2.45, 2.75) is 50.5 Å². The molecule has 1 rings (SSSR count). The van der Waals surface area contributed by atoms with Crippen molar-refractivity contribution >= 4 is 11.9 Å². The average Bonchev–Trinajstić information content (AvgIpc) is 2.30. The second-order valence-corrected chi connectivity index (χ2v) is 3.97. The first-order valence-electron chi connectivity index (χ1n) is 5.50. The number of ether oxygens (including phenoxy) is 2. The van der Waals surface area contributed by atoms with Gasteiger partial charge >= 0.3 is 11.9 Å². The van der Waals surface area contributed by atoms with Crippen LogP contribution in [0.25, 0.3) is 0 Å². The fourth-order valence-corrected chi connectivity index (χ4v) is 1.54. The maximum Gasteiger partial charge on any atom is 0.335 e. The maximum atomic E-state index is 11.2. The van der Waals surface area contributed by atoms with E-state index in [1.54, 1.807) is 6.92 Å². The molecule has 18 heavy (non-hydrogen) atoms. The molecule has 0 aromatic heterocycles. The number of carboxylic acid groups (broad SMARTS) is 1. The number of esters is 1. The third-order valence-corrected chi connectivity index (χ3v) is 2.51. The molecule has 0 aliphatic carbocycles. The Hall–Kier alpha value is -1.22. The van der Waals surface area contributed by atoms with Gasteiger partial charge in [0.25, 0.3) is 0 Å². The van der Waals surface area contributed by atoms with E-state index in [0.717, 1.165) is 0 Å². The minimum absolute atomic E-state index is 0.0724. The Labute approximate surface area is 103 Å². The standard InChI is InChI=1S/C10H16O8/c1-2-3-4(11)17-10-7(14)5(12)6(13)8(18-10)9(15)16/h5-8,10,12-14H,2-3H2,1H3,(H,15,16)/t5-,6-,7+,8-,10?/m0/s1. The number of aliphatic hydroxyl groups excluding tert-OH is 3. The van der Waals surface area contributed by atoms with E-state index in [0.29, 0.717) is 6.42 Å². The Kier molecular flexibility index (Phi) is 5.03. The predicted molar refractivity (Wildman–Crippen MR) is 55.3 cm³/mol. The Morgan fingerprint density at radius 2 is 1.78 bits per heavy atom. The molecule has 0 aromatic rings. The fourth-order valence-electron chi connectivity index (χ4n) is 1.54. The summed E-state index contributed by atoms with van der Waals surface area (Å²) in [7, 11) is 0. The van der Waals surface area contributed by atoms with Crippen LogP contribution in [0.2, 0.25) is 0 Å². The fraction of sp³-hybridized carbons (Fsp3) is 0.800. The van der Waals surface area contributed by atoms with E-state index in [9.17, 15) is 24.9 Å². The van der Waals surface area contributed by atoms with Crippen LogP contribution >= 0.6 is 0 Å². The van der Waals surface area contributed by atoms with Crippen LogP contribution in [0.5, 0.6) is 0 Å². The lowest BCUT2D eigenvalue weighted by Gasteiger charge is -2.37. The van der Waals surface area contributed by atoms with Gasteiger partial charge in [-0.2, -0.15) is 0 Å². The van der Waals surface area contributed by atoms with Gasteiger partial charge in [0, 0.05) is 6.42 Å². The molecule has 8 nitrogen and oxygen atoms in total. The summed E-state index contributed by atoms with van der Waals surface area (Å²) in [6, 6.07) is 0. The summed E-state index contributed by atoms with van der Waals surface area (Å²) in [5.74, 6) is -2.21. The van der Waals surface area contributed by atoms with Crippen LogP contribution < -0.4 is 0 Å². The van der Waals surface area contributed by atoms with Crippen LogP contribution in [-0.4, -0.2) is 63.1 Å². The van der Waals surface area contributed by atoms with Gasteiger partial charge in [-0.15, -0.1) is 0 Å². The minimum Gasteiger partial charge on any atom is -0.479 e. The first kappa shape index (κ1) is 14.8. The molecule has 4 N–H and O–H groups in total. The molecule has 1 aliphatic heterocycles. The quantitative estimate of drug-likeness (QED) is 0.438. The van der Waals surface area contributed by atoms with Gasteiger partial charge in [0.2, 0.25) is 6.29 Å². The van der Waals surface area contributed by atoms with Crippen molar-refractivity contribution in [2.75, 3.05) is 0 Å². The highest BCUT2D eigenvalue weighted by Gasteiger charge is 2.48. The zero-order valence-corrected chi connectivity index (χ0v) is 9.72. The first-order valence-corrected chi connectivity index (χ1v) is 5.50. The largest absolute Gasteiger partial charge is 0.479 e. The van der Waals surface area contributed by atoms with Gasteiger partial charge in [0.15, 0.2) is 6.10 Å². The Morgan fingerprint density at radius 1 is 1.17 bits per heavy atom. The molecule has 0 saturated carbocycles. The van der Waals surface area contributed by atoms with Crippen LogP contribution in [-0.2, 0) is 19.1 Å². The number of carbonyl (C=O) groups excluding carboxylic acids is 1. The van der Waals surface area contributed by atoms with E-state index in [4.69, 9.17) is 14.6 Å². The van der Waals surface area contributed by atoms with Crippen LogP contribution in [0.1, 0.15) is 19.8 Å². The average molecular weight is 264 g/mol. The second-order valence-electron chi connectivity index (χ2n) is 3.97. The second kappa shape index (κ2) is 6.10. The molecule has 8 heteroatoms. The summed E-state index contributed by atoms with van der Waals surface area (Å²) in [6.45, 7) is 1.73. The third-order valence-electron chi connectivity index (χ3n) is 2.51. The van der Waals surface area contributed by atoms with Crippen LogP contribution in [0.4, 0.5) is 0 Å². The normalized spacial score (nSPS) is 36.1. The SMILES string of the molecule is CCCC(=O)OC1O[C@H](C(=O)O)[C@@H](O)[C@H](O)[C@H]1O. The molecule has 1 fully saturated rings. The summed E-state index contributed by atoms with van der Waals surface area (Å²) in [5, 5.41) is 37.1. The zero-order valence-electron chi connectivity index (χ0n) is 9.72. The van der Waals surface area contributed by atoms with Gasteiger partial charge in [-0.3, -0.25) is 4.79 Å². The lowest BCUT2D eigenvalue weighted by atomic mass is 9.99. The summed E-state index contributed by atoms with van der Waals surface area (Å²) < 4.78 is 9.45. The van der Waals surface area contributed by atoms with Gasteiger partial charge in [-0.05, 0) is 6.42 Å². The summed E-state index contributed by atoms with van der Waals surface area (Å²) in [4.78, 5) is 22.0. The first-order chi connectivity index (χ1) is 8.38. The minimum atomic E-state index is -1.79. The number of hydrogen-bond acceptors (Lipinski definition) is 7. The molecule has 5 atom stereocenters. The molecule has 0 aromatic carbocycles. The van der Waals surface area contributed by atoms with E-state index >= 15 is 0 Å². The molecule has 0 spiro atoms. The van der Waals surface area contributed by atoms with Crippen molar-refractivity contribution in [1.29, 1.82) is 0 Å². The number of hydrogen-bond donors (Lipinski definition) is 4. The molecular weight excluding hydrogens is 248 g/mol. The van der Waals surface area contributed by atoms with Crippen molar-refractivity contribution in [3.63, 3.8) is 0 Å².